The van der Waals surface area contributed by atoms with E-state index in [0.717, 1.165) is 28.9 Å². The molecule has 0 N–H and O–H groups in total. The van der Waals surface area contributed by atoms with Crippen molar-refractivity contribution in [3.63, 3.8) is 0 Å². The van der Waals surface area contributed by atoms with E-state index in [1.165, 1.54) is 5.56 Å². The lowest BCUT2D eigenvalue weighted by molar-refractivity contribution is 0.218. The number of benzene rings is 1. The van der Waals surface area contributed by atoms with Crippen LogP contribution in [0.15, 0.2) is 29.4 Å². The van der Waals surface area contributed by atoms with Crippen molar-refractivity contribution in [2.45, 2.75) is 12.1 Å². The molecular formula is C13H17N3OS. The fourth-order valence-corrected chi connectivity index (χ4v) is 2.50. The number of hydrogen-bond donors (Lipinski definition) is 0. The van der Waals surface area contributed by atoms with Gasteiger partial charge in [-0.05, 0) is 13.0 Å². The SMILES string of the molecule is COCCSc1nnc(-c2cccc(C)c2)n1C. The van der Waals surface area contributed by atoms with Crippen LogP contribution in [0.2, 0.25) is 0 Å². The third-order valence-electron chi connectivity index (χ3n) is 2.63. The minimum atomic E-state index is 0.720. The molecule has 2 rings (SSSR count). The molecule has 0 spiro atoms. The van der Waals surface area contributed by atoms with E-state index in [2.05, 4.69) is 35.3 Å². The summed E-state index contributed by atoms with van der Waals surface area (Å²) in [5.41, 5.74) is 2.33. The van der Waals surface area contributed by atoms with Gasteiger partial charge in [0.2, 0.25) is 0 Å². The number of rotatable bonds is 5. The second-order valence-electron chi connectivity index (χ2n) is 4.08. The molecule has 4 nitrogen and oxygen atoms in total. The standard InChI is InChI=1S/C13H17N3OS/c1-10-5-4-6-11(9-10)12-14-15-13(16(12)2)18-8-7-17-3/h4-6,9H,7-8H2,1-3H3. The van der Waals surface area contributed by atoms with Crippen molar-refractivity contribution >= 4 is 11.8 Å². The first-order valence-electron chi connectivity index (χ1n) is 5.80. The van der Waals surface area contributed by atoms with Gasteiger partial charge >= 0.3 is 0 Å². The molecule has 0 amide bonds. The predicted molar refractivity (Wildman–Crippen MR) is 73.8 cm³/mol. The zero-order valence-electron chi connectivity index (χ0n) is 10.9. The monoisotopic (exact) mass is 263 g/mol. The van der Waals surface area contributed by atoms with Crippen molar-refractivity contribution in [1.82, 2.24) is 14.8 Å². The summed E-state index contributed by atoms with van der Waals surface area (Å²) in [6.07, 6.45) is 0. The summed E-state index contributed by atoms with van der Waals surface area (Å²) in [6, 6.07) is 8.29. The van der Waals surface area contributed by atoms with E-state index in [-0.39, 0.29) is 0 Å². The van der Waals surface area contributed by atoms with Crippen molar-refractivity contribution in [2.24, 2.45) is 7.05 Å². The maximum absolute atomic E-state index is 5.03. The lowest BCUT2D eigenvalue weighted by Crippen LogP contribution is -1.97. The van der Waals surface area contributed by atoms with Crippen molar-refractivity contribution in [3.8, 4) is 11.4 Å². The molecule has 2 aromatic rings. The molecule has 0 saturated heterocycles. The molecule has 0 atom stereocenters. The van der Waals surface area contributed by atoms with Gasteiger partial charge in [0.05, 0.1) is 6.61 Å². The Bertz CT molecular complexity index is 525. The molecule has 1 aromatic carbocycles. The topological polar surface area (TPSA) is 39.9 Å². The van der Waals surface area contributed by atoms with E-state index < -0.39 is 0 Å². The summed E-state index contributed by atoms with van der Waals surface area (Å²) in [4.78, 5) is 0. The van der Waals surface area contributed by atoms with Crippen molar-refractivity contribution in [3.05, 3.63) is 29.8 Å². The number of thioether (sulfide) groups is 1. The lowest BCUT2D eigenvalue weighted by Gasteiger charge is -2.04. The van der Waals surface area contributed by atoms with E-state index in [0.29, 0.717) is 0 Å². The average Bonchev–Trinajstić information content (AvgIpc) is 2.72. The maximum atomic E-state index is 5.03. The number of hydrogen-bond acceptors (Lipinski definition) is 4. The van der Waals surface area contributed by atoms with Gasteiger partial charge in [0.25, 0.3) is 0 Å². The number of methoxy groups -OCH3 is 1. The molecule has 0 saturated carbocycles. The molecule has 1 heterocycles. The van der Waals surface area contributed by atoms with Crippen LogP contribution < -0.4 is 0 Å². The van der Waals surface area contributed by atoms with Gasteiger partial charge in [0, 0.05) is 25.5 Å². The molecule has 1 aromatic heterocycles. The fourth-order valence-electron chi connectivity index (χ4n) is 1.69. The lowest BCUT2D eigenvalue weighted by atomic mass is 10.1. The summed E-state index contributed by atoms with van der Waals surface area (Å²) in [7, 11) is 3.70. The second-order valence-corrected chi connectivity index (χ2v) is 5.14. The third kappa shape index (κ3) is 2.91. The van der Waals surface area contributed by atoms with Gasteiger partial charge in [0.1, 0.15) is 0 Å². The molecule has 0 fully saturated rings. The van der Waals surface area contributed by atoms with Crippen molar-refractivity contribution in [2.75, 3.05) is 19.5 Å². The number of ether oxygens (including phenoxy) is 1. The van der Waals surface area contributed by atoms with E-state index in [1.54, 1.807) is 18.9 Å². The summed E-state index contributed by atoms with van der Waals surface area (Å²) >= 11 is 1.66. The van der Waals surface area contributed by atoms with Crippen molar-refractivity contribution in [1.29, 1.82) is 0 Å². The van der Waals surface area contributed by atoms with E-state index in [1.807, 2.05) is 17.7 Å². The van der Waals surface area contributed by atoms with Crippen LogP contribution >= 0.6 is 11.8 Å². The Morgan fingerprint density at radius 2 is 2.17 bits per heavy atom. The maximum Gasteiger partial charge on any atom is 0.191 e. The largest absolute Gasteiger partial charge is 0.384 e. The molecule has 18 heavy (non-hydrogen) atoms. The summed E-state index contributed by atoms with van der Waals surface area (Å²) in [5.74, 6) is 1.79. The minimum Gasteiger partial charge on any atom is -0.384 e. The van der Waals surface area contributed by atoms with Crippen molar-refractivity contribution < 1.29 is 4.74 Å². The molecular weight excluding hydrogens is 246 g/mol. The van der Waals surface area contributed by atoms with Crippen LogP contribution in [-0.4, -0.2) is 34.2 Å². The Labute approximate surface area is 111 Å². The second kappa shape index (κ2) is 6.02. The minimum absolute atomic E-state index is 0.720. The van der Waals surface area contributed by atoms with E-state index in [4.69, 9.17) is 4.74 Å². The zero-order chi connectivity index (χ0) is 13.0. The highest BCUT2D eigenvalue weighted by Crippen LogP contribution is 2.22. The molecule has 5 heteroatoms. The van der Waals surface area contributed by atoms with Gasteiger partial charge in [0.15, 0.2) is 11.0 Å². The number of aryl methyl sites for hydroxylation is 1. The van der Waals surface area contributed by atoms with Gasteiger partial charge in [-0.3, -0.25) is 0 Å². The van der Waals surface area contributed by atoms with Gasteiger partial charge in [-0.25, -0.2) is 0 Å². The zero-order valence-corrected chi connectivity index (χ0v) is 11.7. The summed E-state index contributed by atoms with van der Waals surface area (Å²) in [6.45, 7) is 2.80. The normalized spacial score (nSPS) is 10.8. The molecule has 0 aliphatic carbocycles. The van der Waals surface area contributed by atoms with Gasteiger partial charge in [-0.1, -0.05) is 35.5 Å². The van der Waals surface area contributed by atoms with E-state index in [9.17, 15) is 0 Å². The molecule has 96 valence electrons. The van der Waals surface area contributed by atoms with Gasteiger partial charge in [-0.15, -0.1) is 10.2 Å². The first-order valence-corrected chi connectivity index (χ1v) is 6.79. The predicted octanol–water partition coefficient (Wildman–Crippen LogP) is 2.53. The molecule has 0 aliphatic rings. The Hall–Kier alpha value is -1.33. The summed E-state index contributed by atoms with van der Waals surface area (Å²) in [5, 5.41) is 9.39. The molecule has 0 radical (unpaired) electrons. The van der Waals surface area contributed by atoms with Crippen LogP contribution in [0.5, 0.6) is 0 Å². The van der Waals surface area contributed by atoms with Crippen LogP contribution in [0, 0.1) is 6.92 Å². The molecule has 0 bridgehead atoms. The Morgan fingerprint density at radius 1 is 1.33 bits per heavy atom. The fraction of sp³-hybridized carbons (Fsp3) is 0.385. The molecule has 0 unspecified atom stereocenters. The van der Waals surface area contributed by atoms with Crippen LogP contribution in [0.4, 0.5) is 0 Å². The highest BCUT2D eigenvalue weighted by molar-refractivity contribution is 7.99. The van der Waals surface area contributed by atoms with Crippen LogP contribution in [-0.2, 0) is 11.8 Å². The Balaban J connectivity index is 2.20. The highest BCUT2D eigenvalue weighted by atomic mass is 32.2. The van der Waals surface area contributed by atoms with Gasteiger partial charge in [-0.2, -0.15) is 0 Å². The van der Waals surface area contributed by atoms with Crippen LogP contribution in [0.3, 0.4) is 0 Å². The summed E-state index contributed by atoms with van der Waals surface area (Å²) < 4.78 is 7.06. The highest BCUT2D eigenvalue weighted by Gasteiger charge is 2.10. The quantitative estimate of drug-likeness (QED) is 0.614. The number of aromatic nitrogens is 3. The third-order valence-corrected chi connectivity index (χ3v) is 3.61. The Kier molecular flexibility index (Phi) is 4.38. The first-order chi connectivity index (χ1) is 8.72. The average molecular weight is 263 g/mol. The van der Waals surface area contributed by atoms with E-state index >= 15 is 0 Å². The smallest absolute Gasteiger partial charge is 0.191 e. The first kappa shape index (κ1) is 13.1. The van der Waals surface area contributed by atoms with Gasteiger partial charge < -0.3 is 9.30 Å². The Morgan fingerprint density at radius 3 is 2.89 bits per heavy atom. The molecule has 0 aliphatic heterocycles. The van der Waals surface area contributed by atoms with Crippen LogP contribution in [0.1, 0.15) is 5.56 Å². The van der Waals surface area contributed by atoms with Crippen LogP contribution in [0.25, 0.3) is 11.4 Å². The number of nitrogens with zero attached hydrogens (tertiary/aromatic N) is 3.